The largest absolute Gasteiger partial charge is 0.486 e. The lowest BCUT2D eigenvalue weighted by molar-refractivity contribution is 0.246. The van der Waals surface area contributed by atoms with Crippen molar-refractivity contribution in [2.45, 2.75) is 32.9 Å². The third kappa shape index (κ3) is 3.47. The van der Waals surface area contributed by atoms with Crippen LogP contribution in [0.1, 0.15) is 37.3 Å². The van der Waals surface area contributed by atoms with E-state index in [2.05, 4.69) is 30.4 Å². The fourth-order valence-electron chi connectivity index (χ4n) is 1.98. The van der Waals surface area contributed by atoms with Gasteiger partial charge in [0.2, 0.25) is 0 Å². The topological polar surface area (TPSA) is 71.1 Å². The van der Waals surface area contributed by atoms with Crippen molar-refractivity contribution >= 4 is 22.0 Å². The molecule has 4 nitrogen and oxygen atoms in total. The molecule has 0 aliphatic carbocycles. The average Bonchev–Trinajstić information content (AvgIpc) is 2.76. The van der Waals surface area contributed by atoms with Crippen molar-refractivity contribution < 1.29 is 4.74 Å². The first-order chi connectivity index (χ1) is 10.0. The Morgan fingerprint density at radius 1 is 1.24 bits per heavy atom. The second-order valence-corrected chi connectivity index (χ2v) is 6.08. The van der Waals surface area contributed by atoms with Gasteiger partial charge in [0.05, 0.1) is 6.10 Å². The van der Waals surface area contributed by atoms with Crippen LogP contribution in [0.4, 0.5) is 10.7 Å². The van der Waals surface area contributed by atoms with Gasteiger partial charge in [-0.2, -0.15) is 5.26 Å². The van der Waals surface area contributed by atoms with Crippen LogP contribution in [0.5, 0.6) is 5.75 Å². The van der Waals surface area contributed by atoms with Gasteiger partial charge in [0.25, 0.3) is 0 Å². The van der Waals surface area contributed by atoms with Crippen LogP contribution < -0.4 is 15.8 Å². The van der Waals surface area contributed by atoms with Crippen LogP contribution in [-0.2, 0) is 0 Å². The maximum atomic E-state index is 9.14. The zero-order chi connectivity index (χ0) is 15.4. The van der Waals surface area contributed by atoms with E-state index in [4.69, 9.17) is 15.7 Å². The maximum Gasteiger partial charge on any atom is 0.178 e. The SMILES string of the molecule is CC(C)Oc1c(NC(C)c2ccccc2)sc(C#N)c1N. The normalized spacial score (nSPS) is 12.0. The molecular formula is C16H19N3OS. The summed E-state index contributed by atoms with van der Waals surface area (Å²) >= 11 is 1.33. The Kier molecular flexibility index (Phi) is 4.71. The van der Waals surface area contributed by atoms with Gasteiger partial charge in [-0.1, -0.05) is 30.3 Å². The number of hydrogen-bond acceptors (Lipinski definition) is 5. The average molecular weight is 301 g/mol. The first-order valence-electron chi connectivity index (χ1n) is 6.83. The fraction of sp³-hybridized carbons (Fsp3) is 0.312. The Bertz CT molecular complexity index is 644. The van der Waals surface area contributed by atoms with Crippen LogP contribution in [0, 0.1) is 11.3 Å². The maximum absolute atomic E-state index is 9.14. The number of nitrogens with zero attached hydrogens (tertiary/aromatic N) is 1. The number of ether oxygens (including phenoxy) is 1. The molecule has 0 fully saturated rings. The molecule has 1 atom stereocenters. The third-order valence-electron chi connectivity index (χ3n) is 3.00. The first-order valence-corrected chi connectivity index (χ1v) is 7.65. The quantitative estimate of drug-likeness (QED) is 0.869. The van der Waals surface area contributed by atoms with Crippen LogP contribution in [0.3, 0.4) is 0 Å². The molecule has 0 saturated heterocycles. The van der Waals surface area contributed by atoms with Crippen LogP contribution >= 0.6 is 11.3 Å². The second kappa shape index (κ2) is 6.51. The molecule has 1 heterocycles. The van der Waals surface area contributed by atoms with Gasteiger partial charge in [0.1, 0.15) is 21.6 Å². The van der Waals surface area contributed by atoms with Gasteiger partial charge in [-0.25, -0.2) is 0 Å². The fourth-order valence-corrected chi connectivity index (χ4v) is 2.92. The summed E-state index contributed by atoms with van der Waals surface area (Å²) in [6, 6.07) is 12.3. The molecule has 0 aliphatic heterocycles. The number of nitrogens with two attached hydrogens (primary N) is 1. The van der Waals surface area contributed by atoms with E-state index in [0.717, 1.165) is 5.00 Å². The second-order valence-electron chi connectivity index (χ2n) is 5.06. The van der Waals surface area contributed by atoms with Crippen molar-refractivity contribution in [3.63, 3.8) is 0 Å². The number of nitriles is 1. The molecule has 0 bridgehead atoms. The van der Waals surface area contributed by atoms with E-state index in [9.17, 15) is 0 Å². The summed E-state index contributed by atoms with van der Waals surface area (Å²) in [4.78, 5) is 0.480. The monoisotopic (exact) mass is 301 g/mol. The zero-order valence-electron chi connectivity index (χ0n) is 12.4. The van der Waals surface area contributed by atoms with Gasteiger partial charge in [-0.3, -0.25) is 0 Å². The summed E-state index contributed by atoms with van der Waals surface area (Å²) in [5, 5.41) is 13.3. The molecule has 1 unspecified atom stereocenters. The summed E-state index contributed by atoms with van der Waals surface area (Å²) in [5.74, 6) is 0.578. The lowest BCUT2D eigenvalue weighted by Crippen LogP contribution is -2.10. The first kappa shape index (κ1) is 15.2. The predicted octanol–water partition coefficient (Wildman–Crippen LogP) is 4.16. The lowest BCUT2D eigenvalue weighted by Gasteiger charge is -2.17. The van der Waals surface area contributed by atoms with Crippen molar-refractivity contribution in [3.8, 4) is 11.8 Å². The van der Waals surface area contributed by atoms with E-state index in [0.29, 0.717) is 16.3 Å². The molecule has 2 rings (SSSR count). The number of benzene rings is 1. The molecule has 1 aromatic heterocycles. The van der Waals surface area contributed by atoms with E-state index in [1.807, 2.05) is 32.0 Å². The molecule has 0 aliphatic rings. The number of hydrogen-bond donors (Lipinski definition) is 2. The van der Waals surface area contributed by atoms with E-state index >= 15 is 0 Å². The smallest absolute Gasteiger partial charge is 0.178 e. The van der Waals surface area contributed by atoms with Crippen molar-refractivity contribution in [2.75, 3.05) is 11.1 Å². The lowest BCUT2D eigenvalue weighted by atomic mass is 10.1. The molecule has 21 heavy (non-hydrogen) atoms. The standard InChI is InChI=1S/C16H19N3OS/c1-10(2)20-15-14(18)13(9-17)21-16(15)19-11(3)12-7-5-4-6-8-12/h4-8,10-11,19H,18H2,1-3H3. The molecule has 5 heteroatoms. The van der Waals surface area contributed by atoms with Crippen molar-refractivity contribution in [1.29, 1.82) is 5.26 Å². The number of nitrogen functional groups attached to an aromatic ring is 1. The zero-order valence-corrected chi connectivity index (χ0v) is 13.2. The Morgan fingerprint density at radius 3 is 2.48 bits per heavy atom. The van der Waals surface area contributed by atoms with Gasteiger partial charge in [0.15, 0.2) is 5.75 Å². The highest BCUT2D eigenvalue weighted by molar-refractivity contribution is 7.17. The van der Waals surface area contributed by atoms with Crippen LogP contribution in [0.25, 0.3) is 0 Å². The van der Waals surface area contributed by atoms with Crippen LogP contribution in [0.2, 0.25) is 0 Å². The molecule has 3 N–H and O–H groups in total. The minimum Gasteiger partial charge on any atom is -0.486 e. The van der Waals surface area contributed by atoms with Gasteiger partial charge in [-0.15, -0.1) is 11.3 Å². The van der Waals surface area contributed by atoms with Gasteiger partial charge < -0.3 is 15.8 Å². The summed E-state index contributed by atoms with van der Waals surface area (Å²) in [7, 11) is 0. The van der Waals surface area contributed by atoms with Gasteiger partial charge in [0, 0.05) is 6.04 Å². The van der Waals surface area contributed by atoms with Crippen molar-refractivity contribution in [2.24, 2.45) is 0 Å². The van der Waals surface area contributed by atoms with Crippen LogP contribution in [0.15, 0.2) is 30.3 Å². The molecule has 0 amide bonds. The van der Waals surface area contributed by atoms with Gasteiger partial charge >= 0.3 is 0 Å². The Balaban J connectivity index is 2.29. The van der Waals surface area contributed by atoms with Gasteiger partial charge in [-0.05, 0) is 26.3 Å². The molecule has 0 radical (unpaired) electrons. The highest BCUT2D eigenvalue weighted by Crippen LogP contribution is 2.44. The third-order valence-corrected chi connectivity index (χ3v) is 4.02. The number of rotatable bonds is 5. The van der Waals surface area contributed by atoms with Crippen molar-refractivity contribution in [3.05, 3.63) is 40.8 Å². The van der Waals surface area contributed by atoms with E-state index < -0.39 is 0 Å². The van der Waals surface area contributed by atoms with E-state index in [1.165, 1.54) is 16.9 Å². The molecular weight excluding hydrogens is 282 g/mol. The van der Waals surface area contributed by atoms with Crippen LogP contribution in [-0.4, -0.2) is 6.10 Å². The summed E-state index contributed by atoms with van der Waals surface area (Å²) in [6.45, 7) is 5.94. The Labute approximate surface area is 129 Å². The minimum atomic E-state index is 0.000948. The van der Waals surface area contributed by atoms with E-state index in [-0.39, 0.29) is 12.1 Å². The predicted molar refractivity (Wildman–Crippen MR) is 87.7 cm³/mol. The number of anilines is 2. The molecule has 1 aromatic carbocycles. The summed E-state index contributed by atoms with van der Waals surface area (Å²) < 4.78 is 5.77. The molecule has 0 saturated carbocycles. The number of nitrogens with one attached hydrogen (secondary N) is 1. The molecule has 110 valence electrons. The Morgan fingerprint density at radius 2 is 1.90 bits per heavy atom. The summed E-state index contributed by atoms with van der Waals surface area (Å²) in [6.07, 6.45) is 0.000948. The van der Waals surface area contributed by atoms with E-state index in [1.54, 1.807) is 0 Å². The Hall–Kier alpha value is -2.19. The summed E-state index contributed by atoms with van der Waals surface area (Å²) in [5.41, 5.74) is 7.58. The van der Waals surface area contributed by atoms with Crippen molar-refractivity contribution in [1.82, 2.24) is 0 Å². The molecule has 2 aromatic rings. The highest BCUT2D eigenvalue weighted by Gasteiger charge is 2.20. The number of thiophene rings is 1. The minimum absolute atomic E-state index is 0.000948. The molecule has 0 spiro atoms. The highest BCUT2D eigenvalue weighted by atomic mass is 32.1.